The third-order valence-corrected chi connectivity index (χ3v) is 4.97. The number of carbonyl (C=O) groups excluding carboxylic acids is 1. The highest BCUT2D eigenvalue weighted by Crippen LogP contribution is 2.29. The lowest BCUT2D eigenvalue weighted by molar-refractivity contribution is -0.137. The fourth-order valence-electron chi connectivity index (χ4n) is 3.33. The summed E-state index contributed by atoms with van der Waals surface area (Å²) < 4.78 is 5.92. The molecule has 1 amide bonds. The van der Waals surface area contributed by atoms with Crippen molar-refractivity contribution in [3.63, 3.8) is 0 Å². The summed E-state index contributed by atoms with van der Waals surface area (Å²) in [7, 11) is 0. The zero-order chi connectivity index (χ0) is 19.5. The molecule has 146 valence electrons. The maximum absolute atomic E-state index is 12.9. The molecule has 1 atom stereocenters. The van der Waals surface area contributed by atoms with Gasteiger partial charge < -0.3 is 20.5 Å². The van der Waals surface area contributed by atoms with Crippen LogP contribution in [0, 0.1) is 16.7 Å². The van der Waals surface area contributed by atoms with Gasteiger partial charge in [-0.05, 0) is 36.2 Å². The molecule has 2 rings (SSSR count). The highest BCUT2D eigenvalue weighted by atomic mass is 16.5. The van der Waals surface area contributed by atoms with Gasteiger partial charge in [-0.25, -0.2) is 0 Å². The van der Waals surface area contributed by atoms with Gasteiger partial charge in [0.2, 0.25) is 5.91 Å². The standard InChI is InChI=1S/C21H34N2O3/c1-15-8-16-6-7-18(24)9-17(16)10-23(19(15)25)12-21(4,5)14-26-13-20(2,3)11-22/h6-7,9,15,24H,8,10-14,22H2,1-5H3. The number of nitrogens with two attached hydrogens (primary N) is 1. The SMILES string of the molecule is CC1Cc2ccc(O)cc2CN(CC(C)(C)COCC(C)(C)CN)C1=O. The molecule has 1 aromatic carbocycles. The molecule has 0 aromatic heterocycles. The number of carbonyl (C=O) groups is 1. The number of amides is 1. The van der Waals surface area contributed by atoms with Crippen LogP contribution >= 0.6 is 0 Å². The molecule has 0 saturated carbocycles. The number of aromatic hydroxyl groups is 1. The van der Waals surface area contributed by atoms with Crippen molar-refractivity contribution in [2.24, 2.45) is 22.5 Å². The van der Waals surface area contributed by atoms with Gasteiger partial charge in [0.25, 0.3) is 0 Å². The van der Waals surface area contributed by atoms with Gasteiger partial charge in [-0.2, -0.15) is 0 Å². The molecule has 3 N–H and O–H groups in total. The summed E-state index contributed by atoms with van der Waals surface area (Å²) in [5.41, 5.74) is 7.73. The summed E-state index contributed by atoms with van der Waals surface area (Å²) in [4.78, 5) is 14.8. The minimum atomic E-state index is -0.165. The van der Waals surface area contributed by atoms with Crippen LogP contribution in [0.4, 0.5) is 0 Å². The van der Waals surface area contributed by atoms with E-state index < -0.39 is 0 Å². The van der Waals surface area contributed by atoms with Crippen molar-refractivity contribution in [1.29, 1.82) is 0 Å². The number of phenolic OH excluding ortho intramolecular Hbond substituents is 1. The highest BCUT2D eigenvalue weighted by Gasteiger charge is 2.31. The van der Waals surface area contributed by atoms with Crippen LogP contribution in [0.1, 0.15) is 45.7 Å². The second kappa shape index (κ2) is 7.97. The van der Waals surface area contributed by atoms with Gasteiger partial charge in [0, 0.05) is 29.8 Å². The number of fused-ring (bicyclic) bond motifs is 1. The Morgan fingerprint density at radius 3 is 2.50 bits per heavy atom. The first kappa shape index (κ1) is 20.7. The van der Waals surface area contributed by atoms with Crippen molar-refractivity contribution in [1.82, 2.24) is 4.90 Å². The molecule has 1 aliphatic rings. The number of ether oxygens (including phenoxy) is 1. The van der Waals surface area contributed by atoms with Crippen LogP contribution in [0.25, 0.3) is 0 Å². The quantitative estimate of drug-likeness (QED) is 0.782. The zero-order valence-corrected chi connectivity index (χ0v) is 16.8. The molecule has 5 nitrogen and oxygen atoms in total. The summed E-state index contributed by atoms with van der Waals surface area (Å²) >= 11 is 0. The van der Waals surface area contributed by atoms with E-state index in [1.54, 1.807) is 12.1 Å². The fourth-order valence-corrected chi connectivity index (χ4v) is 3.33. The predicted molar refractivity (Wildman–Crippen MR) is 104 cm³/mol. The van der Waals surface area contributed by atoms with E-state index in [2.05, 4.69) is 27.7 Å². The number of hydrogen-bond acceptors (Lipinski definition) is 4. The summed E-state index contributed by atoms with van der Waals surface area (Å²) in [5, 5.41) is 9.81. The monoisotopic (exact) mass is 362 g/mol. The van der Waals surface area contributed by atoms with Gasteiger partial charge in [0.1, 0.15) is 5.75 Å². The number of phenols is 1. The van der Waals surface area contributed by atoms with Gasteiger partial charge in [0.15, 0.2) is 0 Å². The fraction of sp³-hybridized carbons (Fsp3) is 0.667. The van der Waals surface area contributed by atoms with Gasteiger partial charge >= 0.3 is 0 Å². The van der Waals surface area contributed by atoms with E-state index in [0.29, 0.717) is 39.3 Å². The predicted octanol–water partition coefficient (Wildman–Crippen LogP) is 2.94. The first-order valence-corrected chi connectivity index (χ1v) is 9.40. The zero-order valence-electron chi connectivity index (χ0n) is 16.8. The molecule has 1 heterocycles. The largest absolute Gasteiger partial charge is 0.508 e. The van der Waals surface area contributed by atoms with Crippen LogP contribution in [0.5, 0.6) is 5.75 Å². The Hall–Kier alpha value is -1.59. The molecule has 1 aromatic rings. The number of benzene rings is 1. The van der Waals surface area contributed by atoms with Gasteiger partial charge in [-0.3, -0.25) is 4.79 Å². The second-order valence-electron chi connectivity index (χ2n) is 9.28. The maximum atomic E-state index is 12.9. The molecule has 0 fully saturated rings. The molecular formula is C21H34N2O3. The lowest BCUT2D eigenvalue weighted by atomic mass is 9.92. The third kappa shape index (κ3) is 5.45. The van der Waals surface area contributed by atoms with Crippen molar-refractivity contribution >= 4 is 5.91 Å². The van der Waals surface area contributed by atoms with Gasteiger partial charge in [-0.1, -0.05) is 40.7 Å². The summed E-state index contributed by atoms with van der Waals surface area (Å²) in [6.45, 7) is 13.3. The van der Waals surface area contributed by atoms with Crippen molar-refractivity contribution < 1.29 is 14.6 Å². The average Bonchev–Trinajstić information content (AvgIpc) is 2.65. The van der Waals surface area contributed by atoms with Gasteiger partial charge in [-0.15, -0.1) is 0 Å². The van der Waals surface area contributed by atoms with Crippen molar-refractivity contribution in [2.75, 3.05) is 26.3 Å². The molecular weight excluding hydrogens is 328 g/mol. The lowest BCUT2D eigenvalue weighted by Gasteiger charge is -2.34. The Morgan fingerprint density at radius 2 is 1.85 bits per heavy atom. The first-order valence-electron chi connectivity index (χ1n) is 9.40. The molecule has 5 heteroatoms. The lowest BCUT2D eigenvalue weighted by Crippen LogP contribution is -2.42. The van der Waals surface area contributed by atoms with Crippen molar-refractivity contribution in [3.05, 3.63) is 29.3 Å². The Morgan fingerprint density at radius 1 is 1.19 bits per heavy atom. The smallest absolute Gasteiger partial charge is 0.226 e. The van der Waals surface area contributed by atoms with E-state index in [1.165, 1.54) is 0 Å². The van der Waals surface area contributed by atoms with Crippen LogP contribution in [-0.4, -0.2) is 42.2 Å². The van der Waals surface area contributed by atoms with E-state index in [4.69, 9.17) is 10.5 Å². The van der Waals surface area contributed by atoms with Crippen LogP contribution in [-0.2, 0) is 22.5 Å². The third-order valence-electron chi connectivity index (χ3n) is 4.97. The summed E-state index contributed by atoms with van der Waals surface area (Å²) in [5.74, 6) is 0.349. The normalized spacial score (nSPS) is 18.6. The van der Waals surface area contributed by atoms with E-state index in [0.717, 1.165) is 11.1 Å². The highest BCUT2D eigenvalue weighted by molar-refractivity contribution is 5.79. The molecule has 0 aliphatic carbocycles. The average molecular weight is 363 g/mol. The number of rotatable bonds is 7. The van der Waals surface area contributed by atoms with E-state index in [9.17, 15) is 9.90 Å². The van der Waals surface area contributed by atoms with Crippen LogP contribution < -0.4 is 5.73 Å². The van der Waals surface area contributed by atoms with Crippen LogP contribution in [0.15, 0.2) is 18.2 Å². The van der Waals surface area contributed by atoms with Crippen molar-refractivity contribution in [3.8, 4) is 5.75 Å². The minimum absolute atomic E-state index is 0.0422. The Balaban J connectivity index is 2.07. The second-order valence-corrected chi connectivity index (χ2v) is 9.28. The minimum Gasteiger partial charge on any atom is -0.508 e. The van der Waals surface area contributed by atoms with Crippen LogP contribution in [0.2, 0.25) is 0 Å². The number of nitrogens with zero attached hydrogens (tertiary/aromatic N) is 1. The molecule has 1 unspecified atom stereocenters. The molecule has 0 radical (unpaired) electrons. The summed E-state index contributed by atoms with van der Waals surface area (Å²) in [6, 6.07) is 5.41. The van der Waals surface area contributed by atoms with E-state index in [-0.39, 0.29) is 28.4 Å². The van der Waals surface area contributed by atoms with E-state index in [1.807, 2.05) is 17.9 Å². The summed E-state index contributed by atoms with van der Waals surface area (Å²) in [6.07, 6.45) is 0.715. The molecule has 1 aliphatic heterocycles. The van der Waals surface area contributed by atoms with Crippen LogP contribution in [0.3, 0.4) is 0 Å². The topological polar surface area (TPSA) is 75.8 Å². The molecule has 0 bridgehead atoms. The Labute approximate surface area is 157 Å². The number of hydrogen-bond donors (Lipinski definition) is 2. The maximum Gasteiger partial charge on any atom is 0.226 e. The molecule has 26 heavy (non-hydrogen) atoms. The Kier molecular flexibility index (Phi) is 6.35. The van der Waals surface area contributed by atoms with Gasteiger partial charge in [0.05, 0.1) is 13.2 Å². The molecule has 0 spiro atoms. The Bertz CT molecular complexity index is 640. The van der Waals surface area contributed by atoms with Crippen molar-refractivity contribution in [2.45, 2.75) is 47.6 Å². The molecule has 0 saturated heterocycles. The van der Waals surface area contributed by atoms with E-state index >= 15 is 0 Å². The first-order chi connectivity index (χ1) is 12.0.